The van der Waals surface area contributed by atoms with E-state index in [1.807, 2.05) is 0 Å². The molecule has 2 aliphatic rings. The number of para-hydroxylation sites is 1. The highest BCUT2D eigenvalue weighted by Crippen LogP contribution is 2.36. The third-order valence-corrected chi connectivity index (χ3v) is 7.62. The van der Waals surface area contributed by atoms with Crippen LogP contribution in [0.4, 0.5) is 18.9 Å². The first-order chi connectivity index (χ1) is 15.1. The van der Waals surface area contributed by atoms with Crippen LogP contribution >= 0.6 is 0 Å². The van der Waals surface area contributed by atoms with Gasteiger partial charge in [0.25, 0.3) is 0 Å². The van der Waals surface area contributed by atoms with E-state index >= 15 is 0 Å². The number of anilines is 1. The fourth-order valence-electron chi connectivity index (χ4n) is 4.07. The molecule has 1 unspecified atom stereocenters. The topological polar surface area (TPSA) is 86.8 Å². The number of amides is 2. The minimum atomic E-state index is -4.81. The van der Waals surface area contributed by atoms with Gasteiger partial charge in [0, 0.05) is 38.3 Å². The molecule has 1 N–H and O–H groups in total. The Kier molecular flexibility index (Phi) is 5.72. The molecule has 2 heterocycles. The number of rotatable bonds is 3. The van der Waals surface area contributed by atoms with Gasteiger partial charge in [-0.15, -0.1) is 0 Å². The summed E-state index contributed by atoms with van der Waals surface area (Å²) >= 11 is 0. The summed E-state index contributed by atoms with van der Waals surface area (Å²) in [7, 11) is -4.40. The molecule has 2 amide bonds. The maximum atomic E-state index is 13.3. The lowest BCUT2D eigenvalue weighted by Crippen LogP contribution is -2.52. The van der Waals surface area contributed by atoms with Gasteiger partial charge in [-0.2, -0.15) is 17.5 Å². The molecule has 4 rings (SSSR count). The van der Waals surface area contributed by atoms with Gasteiger partial charge in [-0.3, -0.25) is 9.59 Å². The Balaban J connectivity index is 1.51. The molecule has 1 fully saturated rings. The van der Waals surface area contributed by atoms with Crippen LogP contribution in [-0.2, 0) is 25.8 Å². The van der Waals surface area contributed by atoms with Gasteiger partial charge in [-0.25, -0.2) is 8.42 Å². The lowest BCUT2D eigenvalue weighted by molar-refractivity contribution is -0.140. The number of hydrogen-bond acceptors (Lipinski definition) is 4. The molecule has 0 radical (unpaired) electrons. The van der Waals surface area contributed by atoms with E-state index in [4.69, 9.17) is 0 Å². The van der Waals surface area contributed by atoms with Crippen LogP contribution in [0.1, 0.15) is 23.5 Å². The van der Waals surface area contributed by atoms with Gasteiger partial charge in [-0.1, -0.05) is 30.3 Å². The van der Waals surface area contributed by atoms with E-state index in [1.54, 1.807) is 24.3 Å². The van der Waals surface area contributed by atoms with Crippen molar-refractivity contribution in [3.63, 3.8) is 0 Å². The van der Waals surface area contributed by atoms with Crippen molar-refractivity contribution < 1.29 is 31.2 Å². The molecule has 2 aromatic carbocycles. The highest BCUT2D eigenvalue weighted by Gasteiger charge is 2.41. The summed E-state index contributed by atoms with van der Waals surface area (Å²) in [5.41, 5.74) is 0.0293. The molecule has 0 spiro atoms. The maximum Gasteiger partial charge on any atom is 0.417 e. The molecule has 0 aliphatic carbocycles. The predicted molar refractivity (Wildman–Crippen MR) is 109 cm³/mol. The Morgan fingerprint density at radius 1 is 0.969 bits per heavy atom. The standard InChI is InChI=1S/C21H20F3N3O4S/c22-21(23,24)16-6-2-4-8-18(16)32(30,31)27-11-9-26(10-12-27)20(29)15-13-19(28)25-17-7-3-1-5-14(15)17/h1-8,15H,9-13H2,(H,25,28). The highest BCUT2D eigenvalue weighted by atomic mass is 32.2. The number of sulfonamides is 1. The van der Waals surface area contributed by atoms with Crippen LogP contribution in [0.3, 0.4) is 0 Å². The van der Waals surface area contributed by atoms with Crippen molar-refractivity contribution in [1.82, 2.24) is 9.21 Å². The second-order valence-corrected chi connectivity index (χ2v) is 9.52. The average molecular weight is 467 g/mol. The molecule has 0 bridgehead atoms. The smallest absolute Gasteiger partial charge is 0.340 e. The van der Waals surface area contributed by atoms with Crippen LogP contribution in [-0.4, -0.2) is 55.6 Å². The van der Waals surface area contributed by atoms with Gasteiger partial charge in [0.1, 0.15) is 0 Å². The number of alkyl halides is 3. The number of nitrogens with zero attached hydrogens (tertiary/aromatic N) is 2. The molecular formula is C21H20F3N3O4S. The summed E-state index contributed by atoms with van der Waals surface area (Å²) in [5, 5.41) is 2.72. The Labute approximate surface area is 182 Å². The first kappa shape index (κ1) is 22.3. The number of carbonyl (C=O) groups excluding carboxylic acids is 2. The number of halogens is 3. The third kappa shape index (κ3) is 4.09. The lowest BCUT2D eigenvalue weighted by Gasteiger charge is -2.37. The zero-order valence-corrected chi connectivity index (χ0v) is 17.6. The van der Waals surface area contributed by atoms with E-state index in [-0.39, 0.29) is 44.4 Å². The van der Waals surface area contributed by atoms with Crippen molar-refractivity contribution in [3.8, 4) is 0 Å². The second kappa shape index (κ2) is 8.21. The zero-order valence-electron chi connectivity index (χ0n) is 16.8. The average Bonchev–Trinajstić information content (AvgIpc) is 2.77. The van der Waals surface area contributed by atoms with E-state index in [1.165, 1.54) is 11.0 Å². The Hall–Kier alpha value is -2.92. The Bertz CT molecular complexity index is 1160. The van der Waals surface area contributed by atoms with Gasteiger partial charge < -0.3 is 10.2 Å². The van der Waals surface area contributed by atoms with Crippen LogP contribution in [0.15, 0.2) is 53.4 Å². The van der Waals surface area contributed by atoms with Crippen LogP contribution in [0.5, 0.6) is 0 Å². The van der Waals surface area contributed by atoms with Crippen LogP contribution in [0, 0.1) is 0 Å². The summed E-state index contributed by atoms with van der Waals surface area (Å²) in [6.45, 7) is -0.235. The molecule has 7 nitrogen and oxygen atoms in total. The summed E-state index contributed by atoms with van der Waals surface area (Å²) in [6, 6.07) is 11.0. The van der Waals surface area contributed by atoms with Crippen molar-refractivity contribution in [3.05, 3.63) is 59.7 Å². The number of piperazine rings is 1. The molecule has 2 aromatic rings. The molecule has 1 saturated heterocycles. The van der Waals surface area contributed by atoms with Crippen molar-refractivity contribution >= 4 is 27.5 Å². The first-order valence-corrected chi connectivity index (χ1v) is 11.4. The second-order valence-electron chi connectivity index (χ2n) is 7.62. The summed E-state index contributed by atoms with van der Waals surface area (Å²) < 4.78 is 66.7. The largest absolute Gasteiger partial charge is 0.417 e. The van der Waals surface area contributed by atoms with Crippen LogP contribution < -0.4 is 5.32 Å². The summed E-state index contributed by atoms with van der Waals surface area (Å²) in [6.07, 6.45) is -4.83. The molecule has 11 heteroatoms. The minimum absolute atomic E-state index is 0.0204. The molecule has 0 aromatic heterocycles. The number of carbonyl (C=O) groups is 2. The van der Waals surface area contributed by atoms with Crippen molar-refractivity contribution in [2.24, 2.45) is 0 Å². The monoisotopic (exact) mass is 467 g/mol. The van der Waals surface area contributed by atoms with E-state index in [0.717, 1.165) is 22.5 Å². The van der Waals surface area contributed by atoms with Gasteiger partial charge in [0.15, 0.2) is 0 Å². The van der Waals surface area contributed by atoms with Gasteiger partial charge >= 0.3 is 6.18 Å². The van der Waals surface area contributed by atoms with E-state index in [2.05, 4.69) is 5.32 Å². The van der Waals surface area contributed by atoms with Crippen molar-refractivity contribution in [2.45, 2.75) is 23.4 Å². The molecule has 0 saturated carbocycles. The Morgan fingerprint density at radius 2 is 1.59 bits per heavy atom. The van der Waals surface area contributed by atoms with Crippen LogP contribution in [0.25, 0.3) is 0 Å². The van der Waals surface area contributed by atoms with Gasteiger partial charge in [0.2, 0.25) is 21.8 Å². The molecule has 170 valence electrons. The SMILES string of the molecule is O=C1CC(C(=O)N2CCN(S(=O)(=O)c3ccccc3C(F)(F)F)CC2)c2ccccc2N1. The minimum Gasteiger partial charge on any atom is -0.340 e. The first-order valence-electron chi connectivity index (χ1n) is 9.93. The molecular weight excluding hydrogens is 447 g/mol. The maximum absolute atomic E-state index is 13.3. The molecule has 32 heavy (non-hydrogen) atoms. The van der Waals surface area contributed by atoms with Gasteiger partial charge in [0.05, 0.1) is 16.4 Å². The third-order valence-electron chi connectivity index (χ3n) is 5.66. The van der Waals surface area contributed by atoms with Crippen LogP contribution in [0.2, 0.25) is 0 Å². The van der Waals surface area contributed by atoms with Crippen molar-refractivity contribution in [2.75, 3.05) is 31.5 Å². The number of hydrogen-bond donors (Lipinski definition) is 1. The number of nitrogens with one attached hydrogen (secondary N) is 1. The lowest BCUT2D eigenvalue weighted by atomic mass is 9.89. The highest BCUT2D eigenvalue weighted by molar-refractivity contribution is 7.89. The van der Waals surface area contributed by atoms with E-state index in [0.29, 0.717) is 11.3 Å². The fourth-order valence-corrected chi connectivity index (χ4v) is 5.70. The normalized spacial score (nSPS) is 19.9. The summed E-state index contributed by atoms with van der Waals surface area (Å²) in [5.74, 6) is -1.28. The fraction of sp³-hybridized carbons (Fsp3) is 0.333. The summed E-state index contributed by atoms with van der Waals surface area (Å²) in [4.78, 5) is 25.8. The molecule has 1 atom stereocenters. The predicted octanol–water partition coefficient (Wildman–Crippen LogP) is 2.66. The van der Waals surface area contributed by atoms with Crippen molar-refractivity contribution in [1.29, 1.82) is 0 Å². The quantitative estimate of drug-likeness (QED) is 0.752. The number of benzene rings is 2. The molecule has 2 aliphatic heterocycles. The van der Waals surface area contributed by atoms with E-state index in [9.17, 15) is 31.2 Å². The Morgan fingerprint density at radius 3 is 2.28 bits per heavy atom. The number of fused-ring (bicyclic) bond motifs is 1. The zero-order chi connectivity index (χ0) is 23.1. The van der Waals surface area contributed by atoms with Gasteiger partial charge in [-0.05, 0) is 23.8 Å². The van der Waals surface area contributed by atoms with E-state index < -0.39 is 32.6 Å².